The van der Waals surface area contributed by atoms with E-state index < -0.39 is 0 Å². The van der Waals surface area contributed by atoms with Gasteiger partial charge < -0.3 is 31.9 Å². The van der Waals surface area contributed by atoms with Gasteiger partial charge in [-0.15, -0.1) is 0 Å². The number of carbonyl (C=O) groups is 2. The van der Waals surface area contributed by atoms with Gasteiger partial charge in [-0.1, -0.05) is 143 Å². The van der Waals surface area contributed by atoms with E-state index in [1.165, 1.54) is 16.5 Å². The van der Waals surface area contributed by atoms with Gasteiger partial charge in [-0.25, -0.2) is 0 Å². The predicted molar refractivity (Wildman–Crippen MR) is 272 cm³/mol. The molecule has 2 saturated heterocycles. The van der Waals surface area contributed by atoms with E-state index in [2.05, 4.69) is 113 Å². The summed E-state index contributed by atoms with van der Waals surface area (Å²) in [4.78, 5) is 38.4. The van der Waals surface area contributed by atoms with Crippen molar-refractivity contribution in [2.45, 2.75) is 76.5 Å². The number of amides is 2. The number of anilines is 1. The number of likely N-dealkylation sites (N-methyl/N-ethyl adjacent to an activating group) is 1. The number of piperazine rings is 2. The highest BCUT2D eigenvalue weighted by Gasteiger charge is 2.33. The predicted octanol–water partition coefficient (Wildman–Crippen LogP) is 8.22. The molecule has 2 heterocycles. The second-order valence-corrected chi connectivity index (χ2v) is 18.2. The van der Waals surface area contributed by atoms with Crippen molar-refractivity contribution in [3.63, 3.8) is 0 Å². The zero-order valence-corrected chi connectivity index (χ0v) is 39.0. The number of hydrogen-bond donors (Lipinski definition) is 3. The van der Waals surface area contributed by atoms with Crippen LogP contribution in [0.15, 0.2) is 127 Å². The lowest BCUT2D eigenvalue weighted by Gasteiger charge is -2.44. The van der Waals surface area contributed by atoms with Gasteiger partial charge in [0.15, 0.2) is 0 Å². The average Bonchev–Trinajstić information content (AvgIpc) is 3.36. The number of nitrogens with zero attached hydrogens (tertiary/aromatic N) is 5. The molecule has 2 aliphatic rings. The van der Waals surface area contributed by atoms with Crippen molar-refractivity contribution < 1.29 is 9.59 Å². The largest absolute Gasteiger partial charge is 0.369 e. The maximum Gasteiger partial charge on any atom is 0.254 e. The highest BCUT2D eigenvalue weighted by Crippen LogP contribution is 2.27. The molecular weight excluding hydrogens is 805 g/mol. The topological polar surface area (TPSA) is 128 Å². The molecule has 0 bridgehead atoms. The lowest BCUT2D eigenvalue weighted by Crippen LogP contribution is -2.58. The summed E-state index contributed by atoms with van der Waals surface area (Å²) < 4.78 is 0. The maximum absolute atomic E-state index is 13.7. The Morgan fingerprint density at radius 3 is 1.57 bits per heavy atom. The van der Waals surface area contributed by atoms with Crippen molar-refractivity contribution in [1.82, 2.24) is 19.6 Å². The van der Waals surface area contributed by atoms with Gasteiger partial charge >= 0.3 is 0 Å². The Kier molecular flexibility index (Phi) is 17.0. The monoisotopic (exact) mass is 877 g/mol. The van der Waals surface area contributed by atoms with Crippen LogP contribution in [0.5, 0.6) is 0 Å². The van der Waals surface area contributed by atoms with Gasteiger partial charge in [0.2, 0.25) is 0 Å². The maximum atomic E-state index is 13.7. The molecule has 6 aromatic rings. The number of rotatable bonds is 16. The van der Waals surface area contributed by atoms with Gasteiger partial charge in [0.1, 0.15) is 0 Å². The lowest BCUT2D eigenvalue weighted by atomic mass is 10.0. The number of hydrogen-bond acceptors (Lipinski definition) is 8. The van der Waals surface area contributed by atoms with Crippen LogP contribution in [0.25, 0.3) is 32.3 Å². The van der Waals surface area contributed by atoms with Crippen molar-refractivity contribution >= 4 is 49.8 Å². The van der Waals surface area contributed by atoms with Gasteiger partial charge in [-0.2, -0.15) is 0 Å². The summed E-state index contributed by atoms with van der Waals surface area (Å²) in [6.07, 6.45) is 6.81. The van der Waals surface area contributed by atoms with E-state index in [1.807, 2.05) is 59.5 Å². The third-order valence-corrected chi connectivity index (χ3v) is 13.8. The normalized spacial score (nSPS) is 18.1. The second-order valence-electron chi connectivity index (χ2n) is 18.2. The summed E-state index contributed by atoms with van der Waals surface area (Å²) in [7, 11) is 2.16. The molecule has 0 aliphatic carbocycles. The Labute approximate surface area is 387 Å². The summed E-state index contributed by atoms with van der Waals surface area (Å²) in [6.45, 7) is 12.0. The van der Waals surface area contributed by atoms with Crippen LogP contribution in [0.1, 0.15) is 73.1 Å². The molecule has 2 aliphatic heterocycles. The van der Waals surface area contributed by atoms with E-state index in [1.54, 1.807) is 0 Å². The Morgan fingerprint density at radius 2 is 1.06 bits per heavy atom. The molecular formula is C55H72N8O2. The molecule has 6 N–H and O–H groups in total. The van der Waals surface area contributed by atoms with Crippen LogP contribution in [-0.4, -0.2) is 128 Å². The number of nitrogens with two attached hydrogens (primary N) is 3. The molecule has 344 valence electrons. The Hall–Kier alpha value is -5.36. The SMILES string of the molecule is CCCCC1CN(C(=O)c2cccc3ccccc23)CCN1CC(CN)N(C)c1ccc2ccccc2c1.CCCCC1CN(C(=O)c2cccc3ccccc23)CCN1CC(N)CN. The first-order valence-electron chi connectivity index (χ1n) is 24.1. The Bertz CT molecular complexity index is 2470. The molecule has 0 aromatic heterocycles. The van der Waals surface area contributed by atoms with Crippen LogP contribution in [0.4, 0.5) is 5.69 Å². The first-order valence-corrected chi connectivity index (χ1v) is 24.1. The second kappa shape index (κ2) is 23.2. The van der Waals surface area contributed by atoms with Crippen LogP contribution in [0.2, 0.25) is 0 Å². The third-order valence-electron chi connectivity index (χ3n) is 13.8. The van der Waals surface area contributed by atoms with Gasteiger partial charge in [-0.3, -0.25) is 19.4 Å². The van der Waals surface area contributed by atoms with Crippen molar-refractivity contribution in [3.05, 3.63) is 139 Å². The van der Waals surface area contributed by atoms with Gasteiger partial charge in [0.25, 0.3) is 11.8 Å². The molecule has 6 aromatic carbocycles. The van der Waals surface area contributed by atoms with Crippen molar-refractivity contribution in [3.8, 4) is 0 Å². The first-order chi connectivity index (χ1) is 31.7. The third kappa shape index (κ3) is 11.7. The van der Waals surface area contributed by atoms with E-state index in [-0.39, 0.29) is 23.9 Å². The molecule has 4 unspecified atom stereocenters. The fraction of sp³-hybridized carbons (Fsp3) is 0.418. The summed E-state index contributed by atoms with van der Waals surface area (Å²) >= 11 is 0. The quantitative estimate of drug-likeness (QED) is 0.0889. The molecule has 10 heteroatoms. The fourth-order valence-electron chi connectivity index (χ4n) is 9.84. The zero-order valence-electron chi connectivity index (χ0n) is 39.0. The van der Waals surface area contributed by atoms with E-state index >= 15 is 0 Å². The van der Waals surface area contributed by atoms with Crippen molar-refractivity contribution in [2.24, 2.45) is 17.2 Å². The van der Waals surface area contributed by atoms with E-state index in [9.17, 15) is 9.59 Å². The molecule has 8 rings (SSSR count). The van der Waals surface area contributed by atoms with Gasteiger partial charge in [0.05, 0.1) is 6.04 Å². The van der Waals surface area contributed by atoms with Crippen LogP contribution < -0.4 is 22.1 Å². The number of fused-ring (bicyclic) bond motifs is 3. The first kappa shape index (κ1) is 47.6. The van der Waals surface area contributed by atoms with Crippen LogP contribution in [-0.2, 0) is 0 Å². The summed E-state index contributed by atoms with van der Waals surface area (Å²) in [5.41, 5.74) is 21.0. The molecule has 0 radical (unpaired) electrons. The van der Waals surface area contributed by atoms with Crippen LogP contribution >= 0.6 is 0 Å². The number of unbranched alkanes of at least 4 members (excludes halogenated alkanes) is 2. The van der Waals surface area contributed by atoms with E-state index in [0.29, 0.717) is 25.2 Å². The van der Waals surface area contributed by atoms with Crippen LogP contribution in [0.3, 0.4) is 0 Å². The van der Waals surface area contributed by atoms with E-state index in [0.717, 1.165) is 124 Å². The molecule has 2 amide bonds. The lowest BCUT2D eigenvalue weighted by molar-refractivity contribution is 0.0441. The number of benzene rings is 6. The standard InChI is InChI=1S/C33H40N4O.C22H32N4O/c1-3-4-14-29-23-37(33(38)32-16-9-13-26-11-7-8-15-31(26)32)20-19-36(29)24-30(22-34)35(2)28-18-17-25-10-5-6-12-27(25)21-28;1-2-3-9-19-16-26(13-12-25(19)15-18(24)14-23)22(27)21-11-6-8-17-7-4-5-10-20(17)21/h5-13,15-18,21,29-30H,3-4,14,19-20,22-24,34H2,1-2H3;4-8,10-11,18-19H,2-3,9,12-16,23-24H2,1H3. The van der Waals surface area contributed by atoms with Crippen molar-refractivity contribution in [1.29, 1.82) is 0 Å². The highest BCUT2D eigenvalue weighted by atomic mass is 16.2. The minimum absolute atomic E-state index is 0.00514. The Morgan fingerprint density at radius 1 is 0.585 bits per heavy atom. The fourth-order valence-corrected chi connectivity index (χ4v) is 9.84. The van der Waals surface area contributed by atoms with Crippen molar-refractivity contribution in [2.75, 3.05) is 77.4 Å². The average molecular weight is 877 g/mol. The van der Waals surface area contributed by atoms with Crippen LogP contribution in [0, 0.1) is 0 Å². The van der Waals surface area contributed by atoms with Gasteiger partial charge in [0, 0.05) is 107 Å². The van der Waals surface area contributed by atoms with E-state index in [4.69, 9.17) is 17.2 Å². The molecule has 4 atom stereocenters. The molecule has 0 spiro atoms. The summed E-state index contributed by atoms with van der Waals surface area (Å²) in [5.74, 6) is 0.280. The molecule has 0 saturated carbocycles. The Balaban J connectivity index is 0.000000206. The summed E-state index contributed by atoms with van der Waals surface area (Å²) in [5, 5.41) is 6.78. The summed E-state index contributed by atoms with van der Waals surface area (Å²) in [6, 6.07) is 44.3. The smallest absolute Gasteiger partial charge is 0.254 e. The highest BCUT2D eigenvalue weighted by molar-refractivity contribution is 6.08. The molecule has 2 fully saturated rings. The van der Waals surface area contributed by atoms with Gasteiger partial charge in [-0.05, 0) is 69.4 Å². The molecule has 65 heavy (non-hydrogen) atoms. The molecule has 10 nitrogen and oxygen atoms in total. The zero-order chi connectivity index (χ0) is 45.7. The number of carbonyl (C=O) groups excluding carboxylic acids is 2. The minimum Gasteiger partial charge on any atom is -0.369 e. The minimum atomic E-state index is -0.00514.